The average Bonchev–Trinajstić information content (AvgIpc) is 3.56. The van der Waals surface area contributed by atoms with Crippen molar-refractivity contribution in [2.75, 3.05) is 0 Å². The molecule has 0 saturated carbocycles. The second-order valence-corrected chi connectivity index (χ2v) is 14.2. The van der Waals surface area contributed by atoms with Crippen LogP contribution in [0.15, 0.2) is 176 Å². The lowest BCUT2D eigenvalue weighted by Gasteiger charge is -2.13. The van der Waals surface area contributed by atoms with Crippen LogP contribution in [0.5, 0.6) is 0 Å². The first-order valence-corrected chi connectivity index (χ1v) is 18.4. The number of aromatic nitrogens is 4. The van der Waals surface area contributed by atoms with E-state index in [-0.39, 0.29) is 0 Å². The molecule has 0 amide bonds. The van der Waals surface area contributed by atoms with E-state index in [1.165, 1.54) is 21.5 Å². The maximum atomic E-state index is 6.71. The lowest BCUT2D eigenvalue weighted by Crippen LogP contribution is -2.01. The molecule has 252 valence electrons. The quantitative estimate of drug-likeness (QED) is 0.171. The van der Waals surface area contributed by atoms with Gasteiger partial charge in [-0.05, 0) is 86.2 Å². The Bertz CT molecular complexity index is 3290. The first-order chi connectivity index (χ1) is 26.7. The third kappa shape index (κ3) is 4.88. The maximum Gasteiger partial charge on any atom is 0.164 e. The maximum absolute atomic E-state index is 6.71. The monoisotopic (exact) mass is 708 g/mol. The highest BCUT2D eigenvalue weighted by molar-refractivity contribution is 6.36. The summed E-state index contributed by atoms with van der Waals surface area (Å²) in [4.78, 5) is 15.4. The van der Waals surface area contributed by atoms with Crippen molar-refractivity contribution in [1.82, 2.24) is 19.5 Å². The molecule has 0 aliphatic rings. The minimum atomic E-state index is 0.633. The molecule has 5 heteroatoms. The van der Waals surface area contributed by atoms with Gasteiger partial charge < -0.3 is 4.57 Å². The van der Waals surface area contributed by atoms with Gasteiger partial charge in [0.15, 0.2) is 17.5 Å². The third-order valence-corrected chi connectivity index (χ3v) is 11.0. The average molecular weight is 709 g/mol. The molecule has 0 saturated heterocycles. The predicted octanol–water partition coefficient (Wildman–Crippen LogP) is 13.2. The first kappa shape index (κ1) is 30.7. The summed E-state index contributed by atoms with van der Waals surface area (Å²) >= 11 is 6.71. The van der Waals surface area contributed by atoms with Gasteiger partial charge in [0.2, 0.25) is 0 Å². The van der Waals surface area contributed by atoms with Crippen molar-refractivity contribution in [1.29, 1.82) is 0 Å². The number of halogens is 1. The topological polar surface area (TPSA) is 43.6 Å². The van der Waals surface area contributed by atoms with Crippen LogP contribution in [0.4, 0.5) is 0 Å². The normalized spacial score (nSPS) is 11.8. The van der Waals surface area contributed by atoms with E-state index in [9.17, 15) is 0 Å². The Balaban J connectivity index is 1.08. The van der Waals surface area contributed by atoms with E-state index in [0.29, 0.717) is 17.5 Å². The van der Waals surface area contributed by atoms with Gasteiger partial charge in [-0.3, -0.25) is 0 Å². The molecule has 0 N–H and O–H groups in total. The molecule has 2 aromatic heterocycles. The molecular weight excluding hydrogens is 680 g/mol. The highest BCUT2D eigenvalue weighted by Gasteiger charge is 2.18. The molecule has 11 aromatic rings. The van der Waals surface area contributed by atoms with Gasteiger partial charge in [0.05, 0.1) is 11.0 Å². The molecule has 0 bridgehead atoms. The van der Waals surface area contributed by atoms with E-state index in [1.54, 1.807) is 0 Å². The summed E-state index contributed by atoms with van der Waals surface area (Å²) in [5.41, 5.74) is 6.22. The van der Waals surface area contributed by atoms with Gasteiger partial charge in [-0.15, -0.1) is 0 Å². The zero-order valence-corrected chi connectivity index (χ0v) is 29.7. The summed E-state index contributed by atoms with van der Waals surface area (Å²) in [5, 5.41) is 12.2. The zero-order chi connectivity index (χ0) is 35.8. The Hall–Kier alpha value is -6.88. The van der Waals surface area contributed by atoms with Gasteiger partial charge in [-0.25, -0.2) is 15.0 Å². The first-order valence-electron chi connectivity index (χ1n) is 18.0. The predicted molar refractivity (Wildman–Crippen MR) is 226 cm³/mol. The van der Waals surface area contributed by atoms with Gasteiger partial charge >= 0.3 is 0 Å². The zero-order valence-electron chi connectivity index (χ0n) is 28.9. The van der Waals surface area contributed by atoms with E-state index in [4.69, 9.17) is 26.6 Å². The summed E-state index contributed by atoms with van der Waals surface area (Å²) in [6.45, 7) is 0. The standard InChI is InChI=1S/C49H29ClN4/c50-44-19-10-14-34-27-42-40-18-8-9-20-45(40)54(46(42)29-41(34)44)36-24-23-31-25-35(22-21-32(31)26-36)48-51-47(30-11-2-1-3-12-30)52-49(53-48)43-28-33-13-4-5-15-37(33)38-16-6-7-17-39(38)43/h1-29H. The van der Waals surface area contributed by atoms with Crippen molar-refractivity contribution >= 4 is 76.5 Å². The van der Waals surface area contributed by atoms with Gasteiger partial charge in [0.25, 0.3) is 0 Å². The molecule has 0 aliphatic heterocycles. The molecule has 4 nitrogen and oxygen atoms in total. The number of fused-ring (bicyclic) bond motifs is 8. The Morgan fingerprint density at radius 1 is 0.352 bits per heavy atom. The third-order valence-electron chi connectivity index (χ3n) is 10.6. The van der Waals surface area contributed by atoms with Crippen LogP contribution in [0.1, 0.15) is 0 Å². The number of hydrogen-bond acceptors (Lipinski definition) is 3. The van der Waals surface area contributed by atoms with Crippen LogP contribution in [0, 0.1) is 0 Å². The Kier molecular flexibility index (Phi) is 6.88. The Morgan fingerprint density at radius 3 is 1.87 bits per heavy atom. The largest absolute Gasteiger partial charge is 0.309 e. The molecule has 0 unspecified atom stereocenters. The van der Waals surface area contributed by atoms with Crippen molar-refractivity contribution in [3.05, 3.63) is 181 Å². The van der Waals surface area contributed by atoms with Crippen molar-refractivity contribution in [3.8, 4) is 39.9 Å². The second-order valence-electron chi connectivity index (χ2n) is 13.8. The van der Waals surface area contributed by atoms with Gasteiger partial charge in [0.1, 0.15) is 0 Å². The van der Waals surface area contributed by atoms with Crippen LogP contribution in [-0.2, 0) is 0 Å². The van der Waals surface area contributed by atoms with Gasteiger partial charge in [-0.1, -0.05) is 139 Å². The van der Waals surface area contributed by atoms with Gasteiger partial charge in [0, 0.05) is 43.6 Å². The highest BCUT2D eigenvalue weighted by atomic mass is 35.5. The van der Waals surface area contributed by atoms with Gasteiger partial charge in [-0.2, -0.15) is 0 Å². The molecule has 0 aliphatic carbocycles. The Labute approximate surface area is 315 Å². The fourth-order valence-electron chi connectivity index (χ4n) is 8.07. The number of nitrogens with zero attached hydrogens (tertiary/aromatic N) is 4. The lowest BCUT2D eigenvalue weighted by atomic mass is 9.97. The molecule has 11 rings (SSSR count). The van der Waals surface area contributed by atoms with Crippen LogP contribution in [-0.4, -0.2) is 19.5 Å². The lowest BCUT2D eigenvalue weighted by molar-refractivity contribution is 1.08. The van der Waals surface area contributed by atoms with E-state index in [0.717, 1.165) is 70.8 Å². The number of rotatable bonds is 4. The smallest absolute Gasteiger partial charge is 0.164 e. The molecule has 54 heavy (non-hydrogen) atoms. The van der Waals surface area contributed by atoms with Crippen molar-refractivity contribution in [3.63, 3.8) is 0 Å². The molecule has 2 heterocycles. The molecule has 0 spiro atoms. The van der Waals surface area contributed by atoms with Crippen molar-refractivity contribution in [2.45, 2.75) is 0 Å². The van der Waals surface area contributed by atoms with E-state index >= 15 is 0 Å². The summed E-state index contributed by atoms with van der Waals surface area (Å²) < 4.78 is 2.35. The van der Waals surface area contributed by atoms with E-state index in [2.05, 4.69) is 150 Å². The minimum absolute atomic E-state index is 0.633. The molecule has 0 radical (unpaired) electrons. The summed E-state index contributed by atoms with van der Waals surface area (Å²) in [7, 11) is 0. The molecule has 0 atom stereocenters. The fourth-order valence-corrected chi connectivity index (χ4v) is 8.31. The van der Waals surface area contributed by atoms with Crippen LogP contribution in [0.2, 0.25) is 5.02 Å². The summed E-state index contributed by atoms with van der Waals surface area (Å²) in [6.07, 6.45) is 0. The summed E-state index contributed by atoms with van der Waals surface area (Å²) in [5.74, 6) is 1.92. The summed E-state index contributed by atoms with van der Waals surface area (Å²) in [6, 6.07) is 61.7. The SMILES string of the molecule is Clc1cccc2cc3c4ccccc4n(-c4ccc5cc(-c6nc(-c7ccccc7)nc(-c7cc8ccccc8c8ccccc78)n6)ccc5c4)c3cc12. The van der Waals surface area contributed by atoms with E-state index < -0.39 is 0 Å². The number of hydrogen-bond donors (Lipinski definition) is 0. The van der Waals surface area contributed by atoms with Crippen LogP contribution < -0.4 is 0 Å². The minimum Gasteiger partial charge on any atom is -0.309 e. The number of para-hydroxylation sites is 1. The molecule has 0 fully saturated rings. The molecule has 9 aromatic carbocycles. The molecular formula is C49H29ClN4. The van der Waals surface area contributed by atoms with E-state index in [1.807, 2.05) is 30.3 Å². The van der Waals surface area contributed by atoms with Crippen LogP contribution in [0.3, 0.4) is 0 Å². The fraction of sp³-hybridized carbons (Fsp3) is 0. The highest BCUT2D eigenvalue weighted by Crippen LogP contribution is 2.38. The Morgan fingerprint density at radius 2 is 1.00 bits per heavy atom. The van der Waals surface area contributed by atoms with Crippen molar-refractivity contribution < 1.29 is 0 Å². The van der Waals surface area contributed by atoms with Crippen molar-refractivity contribution in [2.24, 2.45) is 0 Å². The number of benzene rings is 9. The van der Waals surface area contributed by atoms with Crippen LogP contribution in [0.25, 0.3) is 105 Å². The second kappa shape index (κ2) is 12.1. The van der Waals surface area contributed by atoms with Crippen LogP contribution >= 0.6 is 11.6 Å².